The third kappa shape index (κ3) is 3.62. The van der Waals surface area contributed by atoms with Gasteiger partial charge in [0.25, 0.3) is 0 Å². The Kier molecular flexibility index (Phi) is 5.21. The van der Waals surface area contributed by atoms with Gasteiger partial charge in [-0.25, -0.2) is 4.98 Å². The van der Waals surface area contributed by atoms with Crippen molar-refractivity contribution < 1.29 is 0 Å². The Hall–Kier alpha value is -1.32. The molecule has 0 aliphatic heterocycles. The van der Waals surface area contributed by atoms with E-state index >= 15 is 0 Å². The third-order valence-corrected chi connectivity index (χ3v) is 4.55. The molecule has 1 heterocycles. The van der Waals surface area contributed by atoms with Crippen LogP contribution in [0.1, 0.15) is 57.9 Å². The molecule has 1 aromatic rings. The van der Waals surface area contributed by atoms with Crippen molar-refractivity contribution in [3.8, 4) is 0 Å². The molecule has 20 heavy (non-hydrogen) atoms. The van der Waals surface area contributed by atoms with Crippen LogP contribution < -0.4 is 10.6 Å². The molecule has 0 unspecified atom stereocenters. The molecular formula is C16H28N4. The van der Waals surface area contributed by atoms with Crippen LogP contribution in [0.25, 0.3) is 0 Å². The third-order valence-electron chi connectivity index (χ3n) is 4.55. The average Bonchev–Trinajstić information content (AvgIpc) is 2.94. The lowest BCUT2D eigenvalue weighted by Gasteiger charge is -2.28. The summed E-state index contributed by atoms with van der Waals surface area (Å²) in [6, 6.07) is 0. The van der Waals surface area contributed by atoms with Crippen molar-refractivity contribution in [2.24, 2.45) is 5.41 Å². The van der Waals surface area contributed by atoms with Crippen LogP contribution in [-0.2, 0) is 0 Å². The molecule has 0 aromatic carbocycles. The molecule has 4 nitrogen and oxygen atoms in total. The van der Waals surface area contributed by atoms with E-state index in [1.807, 2.05) is 6.20 Å². The maximum Gasteiger partial charge on any atom is 0.224 e. The topological polar surface area (TPSA) is 49.8 Å². The first-order valence-electron chi connectivity index (χ1n) is 8.00. The molecule has 4 heteroatoms. The Morgan fingerprint density at radius 3 is 2.60 bits per heavy atom. The number of hydrogen-bond acceptors (Lipinski definition) is 4. The van der Waals surface area contributed by atoms with E-state index in [2.05, 4.69) is 41.4 Å². The molecule has 2 N–H and O–H groups in total. The second-order valence-corrected chi connectivity index (χ2v) is 6.07. The van der Waals surface area contributed by atoms with Crippen molar-refractivity contribution >= 4 is 11.8 Å². The van der Waals surface area contributed by atoms with Gasteiger partial charge in [-0.15, -0.1) is 0 Å². The number of anilines is 2. The van der Waals surface area contributed by atoms with Crippen molar-refractivity contribution in [2.75, 3.05) is 23.7 Å². The summed E-state index contributed by atoms with van der Waals surface area (Å²) in [7, 11) is 0. The highest BCUT2D eigenvalue weighted by molar-refractivity contribution is 5.46. The van der Waals surface area contributed by atoms with Gasteiger partial charge in [-0.05, 0) is 38.0 Å². The van der Waals surface area contributed by atoms with Crippen molar-refractivity contribution in [2.45, 2.75) is 59.3 Å². The van der Waals surface area contributed by atoms with Gasteiger partial charge in [-0.1, -0.05) is 26.7 Å². The lowest BCUT2D eigenvalue weighted by atomic mass is 9.83. The van der Waals surface area contributed by atoms with Gasteiger partial charge < -0.3 is 10.6 Å². The van der Waals surface area contributed by atoms with Gasteiger partial charge in [-0.2, -0.15) is 4.98 Å². The van der Waals surface area contributed by atoms with Crippen LogP contribution in [0.3, 0.4) is 0 Å². The zero-order valence-corrected chi connectivity index (χ0v) is 13.1. The molecule has 2 rings (SSSR count). The van der Waals surface area contributed by atoms with Gasteiger partial charge in [-0.3, -0.25) is 0 Å². The largest absolute Gasteiger partial charge is 0.369 e. The van der Waals surface area contributed by atoms with Crippen molar-refractivity contribution in [1.29, 1.82) is 0 Å². The molecule has 1 aliphatic rings. The minimum absolute atomic E-state index is 0.481. The fraction of sp³-hybridized carbons (Fsp3) is 0.750. The Morgan fingerprint density at radius 2 is 1.95 bits per heavy atom. The fourth-order valence-electron chi connectivity index (χ4n) is 2.99. The number of aryl methyl sites for hydroxylation is 1. The van der Waals surface area contributed by atoms with Gasteiger partial charge in [0.15, 0.2) is 0 Å². The summed E-state index contributed by atoms with van der Waals surface area (Å²) >= 11 is 0. The normalized spacial score (nSPS) is 17.1. The molecular weight excluding hydrogens is 248 g/mol. The summed E-state index contributed by atoms with van der Waals surface area (Å²) in [5.74, 6) is 1.72. The zero-order chi connectivity index (χ0) is 14.4. The maximum absolute atomic E-state index is 4.60. The van der Waals surface area contributed by atoms with Crippen LogP contribution in [0, 0.1) is 12.3 Å². The number of rotatable bonds is 7. The summed E-state index contributed by atoms with van der Waals surface area (Å²) in [5, 5.41) is 6.82. The maximum atomic E-state index is 4.60. The Bertz CT molecular complexity index is 424. The molecule has 0 atom stereocenters. The Morgan fingerprint density at radius 1 is 1.20 bits per heavy atom. The van der Waals surface area contributed by atoms with Crippen molar-refractivity contribution in [3.05, 3.63) is 11.8 Å². The fourth-order valence-corrected chi connectivity index (χ4v) is 2.99. The Labute approximate surface area is 122 Å². The van der Waals surface area contributed by atoms with Gasteiger partial charge in [0.1, 0.15) is 5.82 Å². The SMILES string of the molecule is CCCNc1ncc(C)c(NCC2(CC)CCCC2)n1. The quantitative estimate of drug-likeness (QED) is 0.790. The van der Waals surface area contributed by atoms with Gasteiger partial charge in [0.2, 0.25) is 5.95 Å². The predicted molar refractivity (Wildman–Crippen MR) is 85.2 cm³/mol. The summed E-state index contributed by atoms with van der Waals surface area (Å²) < 4.78 is 0. The molecule has 1 aliphatic carbocycles. The van der Waals surface area contributed by atoms with Gasteiger partial charge in [0, 0.05) is 24.8 Å². The van der Waals surface area contributed by atoms with Crippen LogP contribution in [0.2, 0.25) is 0 Å². The van der Waals surface area contributed by atoms with Crippen LogP contribution >= 0.6 is 0 Å². The smallest absolute Gasteiger partial charge is 0.224 e. The van der Waals surface area contributed by atoms with Crippen LogP contribution in [-0.4, -0.2) is 23.1 Å². The highest BCUT2D eigenvalue weighted by Gasteiger charge is 2.31. The summed E-state index contributed by atoms with van der Waals surface area (Å²) in [4.78, 5) is 8.93. The second kappa shape index (κ2) is 6.91. The predicted octanol–water partition coefficient (Wildman–Crippen LogP) is 3.99. The molecule has 0 radical (unpaired) electrons. The number of aromatic nitrogens is 2. The lowest BCUT2D eigenvalue weighted by Crippen LogP contribution is -2.26. The molecule has 0 spiro atoms. The molecule has 112 valence electrons. The summed E-state index contributed by atoms with van der Waals surface area (Å²) in [5.41, 5.74) is 1.60. The molecule has 1 saturated carbocycles. The van der Waals surface area contributed by atoms with E-state index in [-0.39, 0.29) is 0 Å². The van der Waals surface area contributed by atoms with Crippen molar-refractivity contribution in [3.63, 3.8) is 0 Å². The van der Waals surface area contributed by atoms with E-state index in [9.17, 15) is 0 Å². The summed E-state index contributed by atoms with van der Waals surface area (Å²) in [6.45, 7) is 8.48. The van der Waals surface area contributed by atoms with E-state index in [4.69, 9.17) is 0 Å². The monoisotopic (exact) mass is 276 g/mol. The van der Waals surface area contributed by atoms with E-state index < -0.39 is 0 Å². The number of nitrogens with one attached hydrogen (secondary N) is 2. The van der Waals surface area contributed by atoms with Crippen LogP contribution in [0.15, 0.2) is 6.20 Å². The molecule has 1 aromatic heterocycles. The van der Waals surface area contributed by atoms with Gasteiger partial charge in [0.05, 0.1) is 0 Å². The first kappa shape index (κ1) is 15.1. The molecule has 0 amide bonds. The minimum Gasteiger partial charge on any atom is -0.369 e. The number of hydrogen-bond donors (Lipinski definition) is 2. The Balaban J connectivity index is 2.00. The van der Waals surface area contributed by atoms with E-state index in [1.54, 1.807) is 0 Å². The minimum atomic E-state index is 0.481. The zero-order valence-electron chi connectivity index (χ0n) is 13.1. The van der Waals surface area contributed by atoms with Crippen LogP contribution in [0.5, 0.6) is 0 Å². The average molecular weight is 276 g/mol. The molecule has 1 fully saturated rings. The van der Waals surface area contributed by atoms with E-state index in [0.29, 0.717) is 5.41 Å². The molecule has 0 bridgehead atoms. The lowest BCUT2D eigenvalue weighted by molar-refractivity contribution is 0.306. The molecule has 0 saturated heterocycles. The highest BCUT2D eigenvalue weighted by Crippen LogP contribution is 2.40. The van der Waals surface area contributed by atoms with Gasteiger partial charge >= 0.3 is 0 Å². The van der Waals surface area contributed by atoms with E-state index in [1.165, 1.54) is 32.1 Å². The highest BCUT2D eigenvalue weighted by atomic mass is 15.1. The van der Waals surface area contributed by atoms with Crippen molar-refractivity contribution in [1.82, 2.24) is 9.97 Å². The summed E-state index contributed by atoms with van der Waals surface area (Å²) in [6.07, 6.45) is 9.69. The number of nitrogens with zero attached hydrogens (tertiary/aromatic N) is 2. The van der Waals surface area contributed by atoms with E-state index in [0.717, 1.165) is 36.8 Å². The first-order chi connectivity index (χ1) is 9.69. The van der Waals surface area contributed by atoms with Crippen LogP contribution in [0.4, 0.5) is 11.8 Å². The standard InChI is InChI=1S/C16H28N4/c1-4-10-17-15-18-11-13(3)14(20-15)19-12-16(5-2)8-6-7-9-16/h11H,4-10,12H2,1-3H3,(H2,17,18,19,20). The second-order valence-electron chi connectivity index (χ2n) is 6.07. The first-order valence-corrected chi connectivity index (χ1v) is 8.00.